The van der Waals surface area contributed by atoms with Gasteiger partial charge in [0.25, 0.3) is 0 Å². The normalized spacial score (nSPS) is 30.2. The molecular formula is C15H29N3O. The Labute approximate surface area is 117 Å². The Kier molecular flexibility index (Phi) is 5.64. The highest BCUT2D eigenvalue weighted by Gasteiger charge is 2.24. The minimum absolute atomic E-state index is 0.207. The summed E-state index contributed by atoms with van der Waals surface area (Å²) in [6, 6.07) is 0.318. The van der Waals surface area contributed by atoms with Gasteiger partial charge < -0.3 is 16.0 Å². The van der Waals surface area contributed by atoms with Crippen LogP contribution in [0.2, 0.25) is 0 Å². The van der Waals surface area contributed by atoms with Crippen LogP contribution < -0.4 is 11.1 Å². The standard InChI is InChI=1S/C15H29N3O/c1-12(11-18-8-2-3-9-18)10-17-15(19)13-4-6-14(16)7-5-13/h12-14H,2-11,16H2,1H3,(H,17,19). The first-order chi connectivity index (χ1) is 9.15. The van der Waals surface area contributed by atoms with Crippen molar-refractivity contribution in [2.75, 3.05) is 26.2 Å². The quantitative estimate of drug-likeness (QED) is 0.790. The van der Waals surface area contributed by atoms with Gasteiger partial charge >= 0.3 is 0 Å². The molecule has 4 nitrogen and oxygen atoms in total. The molecule has 0 aromatic rings. The molecule has 1 unspecified atom stereocenters. The minimum atomic E-state index is 0.207. The summed E-state index contributed by atoms with van der Waals surface area (Å²) < 4.78 is 0. The lowest BCUT2D eigenvalue weighted by Gasteiger charge is -2.26. The van der Waals surface area contributed by atoms with Crippen molar-refractivity contribution in [3.63, 3.8) is 0 Å². The van der Waals surface area contributed by atoms with E-state index in [9.17, 15) is 4.79 Å². The Morgan fingerprint density at radius 1 is 1.26 bits per heavy atom. The summed E-state index contributed by atoms with van der Waals surface area (Å²) in [4.78, 5) is 14.6. The highest BCUT2D eigenvalue weighted by atomic mass is 16.1. The van der Waals surface area contributed by atoms with Crippen molar-refractivity contribution < 1.29 is 4.79 Å². The van der Waals surface area contributed by atoms with Crippen LogP contribution >= 0.6 is 0 Å². The predicted molar refractivity (Wildman–Crippen MR) is 77.8 cm³/mol. The molecule has 3 N–H and O–H groups in total. The molecule has 1 saturated heterocycles. The maximum Gasteiger partial charge on any atom is 0.223 e. The lowest BCUT2D eigenvalue weighted by Crippen LogP contribution is -2.39. The SMILES string of the molecule is CC(CNC(=O)C1CCC(N)CC1)CN1CCCC1. The number of carbonyl (C=O) groups excluding carboxylic acids is 1. The molecule has 2 rings (SSSR count). The van der Waals surface area contributed by atoms with E-state index in [0.717, 1.165) is 38.8 Å². The van der Waals surface area contributed by atoms with E-state index in [2.05, 4.69) is 17.1 Å². The maximum atomic E-state index is 12.1. The molecule has 1 amide bonds. The number of nitrogens with two attached hydrogens (primary N) is 1. The van der Waals surface area contributed by atoms with Gasteiger partial charge in [0.2, 0.25) is 5.91 Å². The average molecular weight is 267 g/mol. The first kappa shape index (κ1) is 14.8. The molecule has 110 valence electrons. The molecule has 0 aromatic carbocycles. The Morgan fingerprint density at radius 3 is 2.53 bits per heavy atom. The third-order valence-electron chi connectivity index (χ3n) is 4.54. The first-order valence-electron chi connectivity index (χ1n) is 7.91. The van der Waals surface area contributed by atoms with Crippen molar-refractivity contribution in [3.05, 3.63) is 0 Å². The van der Waals surface area contributed by atoms with E-state index in [-0.39, 0.29) is 11.8 Å². The van der Waals surface area contributed by atoms with Crippen molar-refractivity contribution in [2.45, 2.75) is 51.5 Å². The van der Waals surface area contributed by atoms with Crippen LogP contribution in [0.1, 0.15) is 45.4 Å². The van der Waals surface area contributed by atoms with Crippen molar-refractivity contribution in [1.29, 1.82) is 0 Å². The van der Waals surface area contributed by atoms with Gasteiger partial charge in [0.15, 0.2) is 0 Å². The lowest BCUT2D eigenvalue weighted by molar-refractivity contribution is -0.126. The largest absolute Gasteiger partial charge is 0.356 e. The molecule has 1 atom stereocenters. The van der Waals surface area contributed by atoms with Crippen molar-refractivity contribution >= 4 is 5.91 Å². The minimum Gasteiger partial charge on any atom is -0.356 e. The molecule has 1 aliphatic carbocycles. The summed E-state index contributed by atoms with van der Waals surface area (Å²) in [5, 5.41) is 3.13. The molecule has 0 spiro atoms. The van der Waals surface area contributed by atoms with Gasteiger partial charge in [-0.2, -0.15) is 0 Å². The Hall–Kier alpha value is -0.610. The summed E-state index contributed by atoms with van der Waals surface area (Å²) in [5.74, 6) is 1.01. The number of hydrogen-bond acceptors (Lipinski definition) is 3. The van der Waals surface area contributed by atoms with E-state index >= 15 is 0 Å². The van der Waals surface area contributed by atoms with E-state index in [1.165, 1.54) is 25.9 Å². The summed E-state index contributed by atoms with van der Waals surface area (Å²) in [7, 11) is 0. The van der Waals surface area contributed by atoms with Crippen LogP contribution in [0.15, 0.2) is 0 Å². The number of nitrogens with zero attached hydrogens (tertiary/aromatic N) is 1. The van der Waals surface area contributed by atoms with Crippen LogP contribution in [0, 0.1) is 11.8 Å². The maximum absolute atomic E-state index is 12.1. The Morgan fingerprint density at radius 2 is 1.89 bits per heavy atom. The second-order valence-electron chi connectivity index (χ2n) is 6.47. The van der Waals surface area contributed by atoms with Crippen LogP contribution in [0.3, 0.4) is 0 Å². The van der Waals surface area contributed by atoms with Gasteiger partial charge in [-0.15, -0.1) is 0 Å². The van der Waals surface area contributed by atoms with Crippen molar-refractivity contribution in [2.24, 2.45) is 17.6 Å². The summed E-state index contributed by atoms with van der Waals surface area (Å²) in [5.41, 5.74) is 5.87. The fraction of sp³-hybridized carbons (Fsp3) is 0.933. The highest BCUT2D eigenvalue weighted by Crippen LogP contribution is 2.23. The molecule has 1 aliphatic heterocycles. The van der Waals surface area contributed by atoms with Crippen molar-refractivity contribution in [1.82, 2.24) is 10.2 Å². The fourth-order valence-electron chi connectivity index (χ4n) is 3.27. The van der Waals surface area contributed by atoms with Gasteiger partial charge in [0, 0.05) is 25.0 Å². The van der Waals surface area contributed by atoms with Crippen molar-refractivity contribution in [3.8, 4) is 0 Å². The van der Waals surface area contributed by atoms with Gasteiger partial charge in [-0.05, 0) is 57.5 Å². The lowest BCUT2D eigenvalue weighted by atomic mass is 9.86. The van der Waals surface area contributed by atoms with E-state index in [4.69, 9.17) is 5.73 Å². The molecule has 0 bridgehead atoms. The van der Waals surface area contributed by atoms with E-state index in [1.807, 2.05) is 0 Å². The van der Waals surface area contributed by atoms with E-state index < -0.39 is 0 Å². The molecule has 19 heavy (non-hydrogen) atoms. The Bertz CT molecular complexity index is 281. The molecular weight excluding hydrogens is 238 g/mol. The number of amides is 1. The van der Waals surface area contributed by atoms with Gasteiger partial charge in [-0.3, -0.25) is 4.79 Å². The molecule has 0 radical (unpaired) electrons. The topological polar surface area (TPSA) is 58.4 Å². The highest BCUT2D eigenvalue weighted by molar-refractivity contribution is 5.78. The van der Waals surface area contributed by atoms with Gasteiger partial charge in [-0.25, -0.2) is 0 Å². The molecule has 0 aromatic heterocycles. The first-order valence-corrected chi connectivity index (χ1v) is 7.91. The molecule has 2 fully saturated rings. The predicted octanol–water partition coefficient (Wildman–Crippen LogP) is 1.35. The van der Waals surface area contributed by atoms with Gasteiger partial charge in [-0.1, -0.05) is 6.92 Å². The monoisotopic (exact) mass is 267 g/mol. The summed E-state index contributed by atoms with van der Waals surface area (Å²) in [6.07, 6.45) is 6.60. The number of rotatable bonds is 5. The van der Waals surface area contributed by atoms with Crippen LogP contribution in [0.4, 0.5) is 0 Å². The molecule has 1 heterocycles. The molecule has 1 saturated carbocycles. The summed E-state index contributed by atoms with van der Waals surface area (Å²) in [6.45, 7) is 6.64. The average Bonchev–Trinajstić information content (AvgIpc) is 2.89. The second-order valence-corrected chi connectivity index (χ2v) is 6.47. The van der Waals surface area contributed by atoms with Crippen LogP contribution in [-0.4, -0.2) is 43.0 Å². The zero-order chi connectivity index (χ0) is 13.7. The fourth-order valence-corrected chi connectivity index (χ4v) is 3.27. The number of hydrogen-bond donors (Lipinski definition) is 2. The molecule has 2 aliphatic rings. The number of carbonyl (C=O) groups is 1. The Balaban J connectivity index is 1.62. The third-order valence-corrected chi connectivity index (χ3v) is 4.54. The third kappa shape index (κ3) is 4.77. The van der Waals surface area contributed by atoms with E-state index in [0.29, 0.717) is 12.0 Å². The van der Waals surface area contributed by atoms with Crippen LogP contribution in [0.5, 0.6) is 0 Å². The van der Waals surface area contributed by atoms with E-state index in [1.54, 1.807) is 0 Å². The van der Waals surface area contributed by atoms with Gasteiger partial charge in [0.05, 0.1) is 0 Å². The zero-order valence-electron chi connectivity index (χ0n) is 12.2. The smallest absolute Gasteiger partial charge is 0.223 e. The number of likely N-dealkylation sites (tertiary alicyclic amines) is 1. The zero-order valence-corrected chi connectivity index (χ0v) is 12.2. The van der Waals surface area contributed by atoms with Gasteiger partial charge in [0.1, 0.15) is 0 Å². The second kappa shape index (κ2) is 7.25. The summed E-state index contributed by atoms with van der Waals surface area (Å²) >= 11 is 0. The van der Waals surface area contributed by atoms with Crippen LogP contribution in [-0.2, 0) is 4.79 Å². The molecule has 4 heteroatoms. The number of nitrogens with one attached hydrogen (secondary N) is 1. The van der Waals surface area contributed by atoms with Crippen LogP contribution in [0.25, 0.3) is 0 Å².